The average molecular weight is 362 g/mol. The Labute approximate surface area is 115 Å². The molecule has 0 amide bonds. The van der Waals surface area contributed by atoms with E-state index in [1.807, 2.05) is 23.7 Å². The van der Waals surface area contributed by atoms with Crippen LogP contribution in [0, 0.1) is 0 Å². The van der Waals surface area contributed by atoms with Gasteiger partial charge in [-0.3, -0.25) is 4.98 Å². The van der Waals surface area contributed by atoms with Crippen LogP contribution < -0.4 is 5.73 Å². The Bertz CT molecular complexity index is 484. The molecule has 2 aromatic rings. The van der Waals surface area contributed by atoms with Crippen LogP contribution >= 0.6 is 43.2 Å². The SMILES string of the molecule is NC(Cc1cncc(Br)c1)c1sccc1Br. The maximum Gasteiger partial charge on any atom is 0.0442 e. The van der Waals surface area contributed by atoms with E-state index in [0.717, 1.165) is 20.9 Å². The Morgan fingerprint density at radius 3 is 2.81 bits per heavy atom. The smallest absolute Gasteiger partial charge is 0.0442 e. The number of pyridine rings is 1. The van der Waals surface area contributed by atoms with Crippen molar-refractivity contribution in [3.8, 4) is 0 Å². The summed E-state index contributed by atoms with van der Waals surface area (Å²) in [4.78, 5) is 5.31. The van der Waals surface area contributed by atoms with Gasteiger partial charge in [-0.2, -0.15) is 0 Å². The van der Waals surface area contributed by atoms with Crippen LogP contribution in [-0.2, 0) is 6.42 Å². The quantitative estimate of drug-likeness (QED) is 0.899. The first-order chi connectivity index (χ1) is 7.66. The van der Waals surface area contributed by atoms with Gasteiger partial charge in [0.15, 0.2) is 0 Å². The zero-order valence-electron chi connectivity index (χ0n) is 8.36. The molecular formula is C11H10Br2N2S. The minimum absolute atomic E-state index is 0.0190. The van der Waals surface area contributed by atoms with E-state index in [-0.39, 0.29) is 6.04 Å². The largest absolute Gasteiger partial charge is 0.323 e. The third kappa shape index (κ3) is 2.91. The molecule has 0 saturated carbocycles. The molecule has 0 aliphatic carbocycles. The molecule has 0 radical (unpaired) electrons. The monoisotopic (exact) mass is 360 g/mol. The minimum atomic E-state index is 0.0190. The van der Waals surface area contributed by atoms with Gasteiger partial charge in [0.1, 0.15) is 0 Å². The van der Waals surface area contributed by atoms with Crippen molar-refractivity contribution in [3.05, 3.63) is 49.3 Å². The third-order valence-corrected chi connectivity index (χ3v) is 4.64. The molecule has 0 bridgehead atoms. The summed E-state index contributed by atoms with van der Waals surface area (Å²) in [5.74, 6) is 0. The fourth-order valence-electron chi connectivity index (χ4n) is 1.48. The van der Waals surface area contributed by atoms with Crippen LogP contribution in [0.1, 0.15) is 16.5 Å². The molecule has 16 heavy (non-hydrogen) atoms. The summed E-state index contributed by atoms with van der Waals surface area (Å²) in [5, 5.41) is 2.04. The highest BCUT2D eigenvalue weighted by Crippen LogP contribution is 2.29. The second-order valence-corrected chi connectivity index (χ2v) is 6.17. The van der Waals surface area contributed by atoms with E-state index >= 15 is 0 Å². The normalized spacial score (nSPS) is 12.7. The first kappa shape index (κ1) is 12.2. The minimum Gasteiger partial charge on any atom is -0.323 e. The second kappa shape index (κ2) is 5.40. The molecule has 1 atom stereocenters. The Kier molecular flexibility index (Phi) is 4.13. The predicted octanol–water partition coefficient (Wildman–Crippen LogP) is 3.91. The molecule has 2 rings (SSSR count). The van der Waals surface area contributed by atoms with E-state index in [4.69, 9.17) is 5.73 Å². The molecule has 0 aromatic carbocycles. The van der Waals surface area contributed by atoms with Crippen LogP contribution in [0.2, 0.25) is 0 Å². The van der Waals surface area contributed by atoms with Crippen LogP contribution in [0.25, 0.3) is 0 Å². The average Bonchev–Trinajstić information content (AvgIpc) is 2.64. The molecule has 1 unspecified atom stereocenters. The number of aromatic nitrogens is 1. The van der Waals surface area contributed by atoms with Crippen molar-refractivity contribution in [3.63, 3.8) is 0 Å². The second-order valence-electron chi connectivity index (χ2n) is 3.45. The van der Waals surface area contributed by atoms with Crippen molar-refractivity contribution >= 4 is 43.2 Å². The summed E-state index contributed by atoms with van der Waals surface area (Å²) in [6, 6.07) is 4.10. The highest BCUT2D eigenvalue weighted by Gasteiger charge is 2.12. The summed E-state index contributed by atoms with van der Waals surface area (Å²) >= 11 is 8.58. The van der Waals surface area contributed by atoms with E-state index in [1.165, 1.54) is 4.88 Å². The Balaban J connectivity index is 2.14. The number of rotatable bonds is 3. The summed E-state index contributed by atoms with van der Waals surface area (Å²) in [5.41, 5.74) is 7.30. The highest BCUT2D eigenvalue weighted by molar-refractivity contribution is 9.10. The first-order valence-electron chi connectivity index (χ1n) is 4.74. The molecule has 84 valence electrons. The zero-order chi connectivity index (χ0) is 11.5. The lowest BCUT2D eigenvalue weighted by atomic mass is 10.1. The van der Waals surface area contributed by atoms with Gasteiger partial charge in [0.2, 0.25) is 0 Å². The molecule has 2 N–H and O–H groups in total. The number of nitrogens with zero attached hydrogens (tertiary/aromatic N) is 1. The van der Waals surface area contributed by atoms with E-state index < -0.39 is 0 Å². The van der Waals surface area contributed by atoms with Gasteiger partial charge in [-0.25, -0.2) is 0 Å². The third-order valence-electron chi connectivity index (χ3n) is 2.20. The topological polar surface area (TPSA) is 38.9 Å². The van der Waals surface area contributed by atoms with E-state index in [1.54, 1.807) is 17.5 Å². The first-order valence-corrected chi connectivity index (χ1v) is 7.21. The van der Waals surface area contributed by atoms with Gasteiger partial charge in [0, 0.05) is 32.3 Å². The fourth-order valence-corrected chi connectivity index (χ4v) is 3.57. The van der Waals surface area contributed by atoms with Gasteiger partial charge < -0.3 is 5.73 Å². The maximum atomic E-state index is 6.16. The Morgan fingerprint density at radius 1 is 1.38 bits per heavy atom. The molecule has 5 heteroatoms. The van der Waals surface area contributed by atoms with Crippen LogP contribution in [0.15, 0.2) is 38.9 Å². The summed E-state index contributed by atoms with van der Waals surface area (Å²) in [6.07, 6.45) is 4.42. The van der Waals surface area contributed by atoms with E-state index in [9.17, 15) is 0 Å². The molecule has 0 spiro atoms. The number of hydrogen-bond acceptors (Lipinski definition) is 3. The van der Waals surface area contributed by atoms with E-state index in [0.29, 0.717) is 0 Å². The van der Waals surface area contributed by atoms with Gasteiger partial charge in [0.05, 0.1) is 0 Å². The molecular weight excluding hydrogens is 352 g/mol. The standard InChI is InChI=1S/C11H10Br2N2S/c12-8-3-7(5-15-6-8)4-10(14)11-9(13)1-2-16-11/h1-3,5-6,10H,4,14H2. The van der Waals surface area contributed by atoms with Crippen LogP contribution in [0.5, 0.6) is 0 Å². The summed E-state index contributed by atoms with van der Waals surface area (Å²) in [6.45, 7) is 0. The molecule has 0 aliphatic rings. The van der Waals surface area contributed by atoms with Crippen molar-refractivity contribution in [1.29, 1.82) is 0 Å². The predicted molar refractivity (Wildman–Crippen MR) is 74.6 cm³/mol. The molecule has 2 aromatic heterocycles. The van der Waals surface area contributed by atoms with Crippen molar-refractivity contribution in [2.75, 3.05) is 0 Å². The van der Waals surface area contributed by atoms with Gasteiger partial charge in [0.25, 0.3) is 0 Å². The maximum absolute atomic E-state index is 6.16. The van der Waals surface area contributed by atoms with Crippen LogP contribution in [-0.4, -0.2) is 4.98 Å². The fraction of sp³-hybridized carbons (Fsp3) is 0.182. The number of hydrogen-bond donors (Lipinski definition) is 1. The summed E-state index contributed by atoms with van der Waals surface area (Å²) in [7, 11) is 0. The van der Waals surface area contributed by atoms with Crippen molar-refractivity contribution < 1.29 is 0 Å². The van der Waals surface area contributed by atoms with Crippen molar-refractivity contribution in [1.82, 2.24) is 4.98 Å². The van der Waals surface area contributed by atoms with Gasteiger partial charge in [-0.15, -0.1) is 11.3 Å². The molecule has 0 aliphatic heterocycles. The number of thiophene rings is 1. The Morgan fingerprint density at radius 2 is 2.19 bits per heavy atom. The molecule has 2 nitrogen and oxygen atoms in total. The molecule has 0 saturated heterocycles. The lowest BCUT2D eigenvalue weighted by molar-refractivity contribution is 0.731. The lowest BCUT2D eigenvalue weighted by Crippen LogP contribution is -2.12. The van der Waals surface area contributed by atoms with Crippen molar-refractivity contribution in [2.24, 2.45) is 5.73 Å². The van der Waals surface area contributed by atoms with Crippen molar-refractivity contribution in [2.45, 2.75) is 12.5 Å². The van der Waals surface area contributed by atoms with Crippen LogP contribution in [0.4, 0.5) is 0 Å². The van der Waals surface area contributed by atoms with Crippen LogP contribution in [0.3, 0.4) is 0 Å². The highest BCUT2D eigenvalue weighted by atomic mass is 79.9. The van der Waals surface area contributed by atoms with Gasteiger partial charge in [-0.1, -0.05) is 0 Å². The molecule has 2 heterocycles. The number of halogens is 2. The Hall–Kier alpha value is -0.230. The zero-order valence-corrected chi connectivity index (χ0v) is 12.3. The number of nitrogens with two attached hydrogens (primary N) is 1. The molecule has 0 fully saturated rings. The van der Waals surface area contributed by atoms with Gasteiger partial charge >= 0.3 is 0 Å². The lowest BCUT2D eigenvalue weighted by Gasteiger charge is -2.10. The van der Waals surface area contributed by atoms with E-state index in [2.05, 4.69) is 36.8 Å². The van der Waals surface area contributed by atoms with Gasteiger partial charge in [-0.05, 0) is 61.4 Å². The summed E-state index contributed by atoms with van der Waals surface area (Å²) < 4.78 is 2.08.